The first-order valence-corrected chi connectivity index (χ1v) is 8.29. The molecule has 3 rings (SSSR count). The van der Waals surface area contributed by atoms with E-state index in [2.05, 4.69) is 0 Å². The lowest BCUT2D eigenvalue weighted by Crippen LogP contribution is -2.34. The Morgan fingerprint density at radius 2 is 2.08 bits per heavy atom. The molecule has 1 heterocycles. The lowest BCUT2D eigenvalue weighted by molar-refractivity contribution is 0.154. The van der Waals surface area contributed by atoms with Crippen molar-refractivity contribution >= 4 is 11.8 Å². The second-order valence-corrected chi connectivity index (χ2v) is 6.33. The minimum atomic E-state index is -0.708. The molecular formula is C18H21F2N3O2. The summed E-state index contributed by atoms with van der Waals surface area (Å²) in [6.45, 7) is 1.42. The number of hydrogen-bond donors (Lipinski definition) is 2. The molecule has 1 aliphatic heterocycles. The van der Waals surface area contributed by atoms with Crippen molar-refractivity contribution < 1.29 is 18.3 Å². The van der Waals surface area contributed by atoms with E-state index in [0.717, 1.165) is 18.4 Å². The van der Waals surface area contributed by atoms with Crippen LogP contribution in [0.5, 0.6) is 0 Å². The van der Waals surface area contributed by atoms with Crippen LogP contribution < -0.4 is 11.5 Å². The molecule has 0 bridgehead atoms. The van der Waals surface area contributed by atoms with E-state index in [1.165, 1.54) is 18.2 Å². The van der Waals surface area contributed by atoms with Gasteiger partial charge in [-0.05, 0) is 43.0 Å². The lowest BCUT2D eigenvalue weighted by Gasteiger charge is -2.28. The molecule has 1 aliphatic carbocycles. The summed E-state index contributed by atoms with van der Waals surface area (Å²) in [5.41, 5.74) is 13.3. The maximum atomic E-state index is 13.9. The Bertz CT molecular complexity index is 726. The van der Waals surface area contributed by atoms with Gasteiger partial charge >= 0.3 is 6.09 Å². The number of carbonyl (C=O) groups excluding carboxylic acids is 1. The number of hydrogen-bond acceptors (Lipinski definition) is 4. The number of cyclic esters (lactones) is 1. The van der Waals surface area contributed by atoms with E-state index >= 15 is 0 Å². The number of nitrogens with zero attached hydrogens (tertiary/aromatic N) is 1. The van der Waals surface area contributed by atoms with Gasteiger partial charge < -0.3 is 21.1 Å². The fourth-order valence-corrected chi connectivity index (χ4v) is 3.34. The Kier molecular flexibility index (Phi) is 4.92. The van der Waals surface area contributed by atoms with Crippen LogP contribution in [-0.4, -0.2) is 30.7 Å². The normalized spacial score (nSPS) is 21.7. The summed E-state index contributed by atoms with van der Waals surface area (Å²) in [6, 6.07) is 3.62. The summed E-state index contributed by atoms with van der Waals surface area (Å²) in [5.74, 6) is -1.43. The summed E-state index contributed by atoms with van der Waals surface area (Å²) >= 11 is 0. The maximum absolute atomic E-state index is 13.9. The predicted octanol–water partition coefficient (Wildman–Crippen LogP) is 2.73. The molecule has 1 unspecified atom stereocenters. The largest absolute Gasteiger partial charge is 0.448 e. The van der Waals surface area contributed by atoms with Crippen LogP contribution in [0.2, 0.25) is 0 Å². The number of carbonyl (C=O) groups is 1. The number of halogens is 2. The predicted molar refractivity (Wildman–Crippen MR) is 90.0 cm³/mol. The van der Waals surface area contributed by atoms with Crippen molar-refractivity contribution in [1.82, 2.24) is 4.90 Å². The third-order valence-electron chi connectivity index (χ3n) is 4.68. The highest BCUT2D eigenvalue weighted by Gasteiger charge is 2.28. The van der Waals surface area contributed by atoms with E-state index in [1.54, 1.807) is 11.0 Å². The first-order valence-electron chi connectivity index (χ1n) is 8.29. The molecule has 1 fully saturated rings. The third kappa shape index (κ3) is 3.60. The van der Waals surface area contributed by atoms with Crippen LogP contribution in [0.25, 0.3) is 5.70 Å². The van der Waals surface area contributed by atoms with Crippen LogP contribution in [-0.2, 0) is 4.74 Å². The van der Waals surface area contributed by atoms with Crippen molar-refractivity contribution in [2.45, 2.75) is 19.3 Å². The Balaban J connectivity index is 1.84. The standard InChI is InChI=1S/C18H21F2N3O2/c19-13-5-2-6-14(20)16(13)15(21)9-11-3-1-4-12(17(11)22)10-23-7-8-25-18(23)24/h2,5-6,9,12H,1,3-4,7-8,10,21-22H2/b15-9-. The zero-order valence-electron chi connectivity index (χ0n) is 13.8. The first-order chi connectivity index (χ1) is 12.0. The van der Waals surface area contributed by atoms with Crippen molar-refractivity contribution in [2.24, 2.45) is 17.4 Å². The van der Waals surface area contributed by atoms with Gasteiger partial charge in [0.1, 0.15) is 18.2 Å². The Labute approximate surface area is 144 Å². The monoisotopic (exact) mass is 349 g/mol. The van der Waals surface area contributed by atoms with E-state index in [1.807, 2.05) is 0 Å². The molecule has 0 radical (unpaired) electrons. The van der Waals surface area contributed by atoms with E-state index in [0.29, 0.717) is 31.8 Å². The van der Waals surface area contributed by atoms with Crippen LogP contribution in [0.15, 0.2) is 35.5 Å². The molecule has 5 nitrogen and oxygen atoms in total. The SMILES string of the molecule is NC1=C(/C=C(\N)c2c(F)cccc2F)CCCC1CN1CCOC1=O. The third-order valence-corrected chi connectivity index (χ3v) is 4.68. The highest BCUT2D eigenvalue weighted by atomic mass is 19.1. The molecule has 7 heteroatoms. The Morgan fingerprint density at radius 3 is 2.72 bits per heavy atom. The summed E-state index contributed by atoms with van der Waals surface area (Å²) < 4.78 is 32.7. The summed E-state index contributed by atoms with van der Waals surface area (Å²) in [7, 11) is 0. The fraction of sp³-hybridized carbons (Fsp3) is 0.389. The average molecular weight is 349 g/mol. The number of amides is 1. The molecule has 0 saturated carbocycles. The van der Waals surface area contributed by atoms with Gasteiger partial charge in [0, 0.05) is 23.9 Å². The molecule has 1 amide bonds. The van der Waals surface area contributed by atoms with E-state index in [-0.39, 0.29) is 23.3 Å². The first kappa shape index (κ1) is 17.3. The number of allylic oxidation sites excluding steroid dienone is 2. The van der Waals surface area contributed by atoms with Crippen LogP contribution in [0.1, 0.15) is 24.8 Å². The van der Waals surface area contributed by atoms with Gasteiger partial charge in [0.15, 0.2) is 0 Å². The molecular weight excluding hydrogens is 328 g/mol. The van der Waals surface area contributed by atoms with Crippen molar-refractivity contribution in [3.05, 3.63) is 52.7 Å². The Hall–Kier alpha value is -2.57. The molecule has 25 heavy (non-hydrogen) atoms. The van der Waals surface area contributed by atoms with Gasteiger partial charge in [-0.15, -0.1) is 0 Å². The van der Waals surface area contributed by atoms with E-state index in [4.69, 9.17) is 16.2 Å². The minimum Gasteiger partial charge on any atom is -0.448 e. The average Bonchev–Trinajstić information content (AvgIpc) is 2.96. The van der Waals surface area contributed by atoms with Gasteiger partial charge in [-0.1, -0.05) is 6.07 Å². The number of rotatable bonds is 4. The second-order valence-electron chi connectivity index (χ2n) is 6.33. The quantitative estimate of drug-likeness (QED) is 0.876. The molecule has 4 N–H and O–H groups in total. The molecule has 0 aromatic heterocycles. The number of benzene rings is 1. The van der Waals surface area contributed by atoms with E-state index in [9.17, 15) is 13.6 Å². The summed E-state index contributed by atoms with van der Waals surface area (Å²) in [6.07, 6.45) is 3.62. The fourth-order valence-electron chi connectivity index (χ4n) is 3.34. The minimum absolute atomic E-state index is 0.00906. The molecule has 1 aromatic rings. The van der Waals surface area contributed by atoms with Gasteiger partial charge in [0.2, 0.25) is 0 Å². The molecule has 1 saturated heterocycles. The summed E-state index contributed by atoms with van der Waals surface area (Å²) in [5, 5.41) is 0. The van der Waals surface area contributed by atoms with Crippen LogP contribution in [0.4, 0.5) is 13.6 Å². The lowest BCUT2D eigenvalue weighted by atomic mass is 9.86. The van der Waals surface area contributed by atoms with E-state index < -0.39 is 11.6 Å². The zero-order chi connectivity index (χ0) is 18.0. The van der Waals surface area contributed by atoms with Crippen LogP contribution in [0, 0.1) is 17.6 Å². The topological polar surface area (TPSA) is 81.6 Å². The van der Waals surface area contributed by atoms with Crippen LogP contribution >= 0.6 is 0 Å². The van der Waals surface area contributed by atoms with Crippen molar-refractivity contribution in [3.63, 3.8) is 0 Å². The second kappa shape index (κ2) is 7.13. The Morgan fingerprint density at radius 1 is 1.36 bits per heavy atom. The zero-order valence-corrected chi connectivity index (χ0v) is 13.8. The van der Waals surface area contributed by atoms with Crippen molar-refractivity contribution in [1.29, 1.82) is 0 Å². The molecule has 2 aliphatic rings. The van der Waals surface area contributed by atoms with Crippen molar-refractivity contribution in [3.8, 4) is 0 Å². The number of ether oxygens (including phenoxy) is 1. The van der Waals surface area contributed by atoms with Crippen LogP contribution in [0.3, 0.4) is 0 Å². The van der Waals surface area contributed by atoms with Gasteiger partial charge in [0.05, 0.1) is 12.1 Å². The number of nitrogens with two attached hydrogens (primary N) is 2. The highest BCUT2D eigenvalue weighted by Crippen LogP contribution is 2.31. The molecule has 134 valence electrons. The van der Waals surface area contributed by atoms with Gasteiger partial charge in [0.25, 0.3) is 0 Å². The molecule has 1 atom stereocenters. The van der Waals surface area contributed by atoms with Gasteiger partial charge in [-0.25, -0.2) is 13.6 Å². The smallest absolute Gasteiger partial charge is 0.409 e. The van der Waals surface area contributed by atoms with Crippen molar-refractivity contribution in [2.75, 3.05) is 19.7 Å². The van der Waals surface area contributed by atoms with Gasteiger partial charge in [-0.3, -0.25) is 0 Å². The maximum Gasteiger partial charge on any atom is 0.409 e. The van der Waals surface area contributed by atoms with Gasteiger partial charge in [-0.2, -0.15) is 0 Å². The highest BCUT2D eigenvalue weighted by molar-refractivity contribution is 5.69. The molecule has 1 aromatic carbocycles. The summed E-state index contributed by atoms with van der Waals surface area (Å²) in [4.78, 5) is 13.2. The molecule has 0 spiro atoms.